The monoisotopic (exact) mass is 258 g/mol. The summed E-state index contributed by atoms with van der Waals surface area (Å²) < 4.78 is 0. The van der Waals surface area contributed by atoms with Crippen LogP contribution in [0.2, 0.25) is 0 Å². The van der Waals surface area contributed by atoms with Crippen molar-refractivity contribution < 1.29 is 0 Å². The summed E-state index contributed by atoms with van der Waals surface area (Å²) in [6, 6.07) is 1.31. The molecule has 0 aromatic heterocycles. The topological polar surface area (TPSA) is 15.3 Å². The van der Waals surface area contributed by atoms with E-state index < -0.39 is 0 Å². The summed E-state index contributed by atoms with van der Waals surface area (Å²) >= 11 is 2.16. The average Bonchev–Trinajstić information content (AvgIpc) is 2.35. The van der Waals surface area contributed by atoms with Crippen molar-refractivity contribution in [3.8, 4) is 0 Å². The molecule has 102 valence electrons. The summed E-state index contributed by atoms with van der Waals surface area (Å²) in [6.07, 6.45) is 1.31. The number of hydrogen-bond acceptors (Lipinski definition) is 3. The van der Waals surface area contributed by atoms with Gasteiger partial charge in [0, 0.05) is 36.2 Å². The summed E-state index contributed by atoms with van der Waals surface area (Å²) in [6.45, 7) is 15.2. The molecule has 0 saturated carbocycles. The second-order valence-electron chi connectivity index (χ2n) is 5.68. The zero-order valence-electron chi connectivity index (χ0n) is 12.2. The molecule has 0 radical (unpaired) electrons. The number of thioether (sulfide) groups is 1. The molecule has 1 aliphatic heterocycles. The fourth-order valence-electron chi connectivity index (χ4n) is 2.31. The predicted octanol–water partition coefficient (Wildman–Crippen LogP) is 2.84. The van der Waals surface area contributed by atoms with Crippen LogP contribution in [0.5, 0.6) is 0 Å². The van der Waals surface area contributed by atoms with Gasteiger partial charge in [-0.3, -0.25) is 4.90 Å². The SMILES string of the molecule is CCC1CN(C(C)C(C)CNC(C)C)CCS1. The van der Waals surface area contributed by atoms with Crippen LogP contribution in [0.15, 0.2) is 0 Å². The van der Waals surface area contributed by atoms with Gasteiger partial charge >= 0.3 is 0 Å². The van der Waals surface area contributed by atoms with E-state index in [2.05, 4.69) is 56.6 Å². The molecule has 0 amide bonds. The van der Waals surface area contributed by atoms with Crippen LogP contribution in [0.25, 0.3) is 0 Å². The Morgan fingerprint density at radius 3 is 2.59 bits per heavy atom. The van der Waals surface area contributed by atoms with E-state index in [9.17, 15) is 0 Å². The maximum atomic E-state index is 3.56. The van der Waals surface area contributed by atoms with E-state index in [1.54, 1.807) is 0 Å². The maximum absolute atomic E-state index is 3.56. The molecule has 3 heteroatoms. The first-order valence-corrected chi connectivity index (χ1v) is 8.18. The molecule has 0 aliphatic carbocycles. The van der Waals surface area contributed by atoms with Crippen molar-refractivity contribution in [1.82, 2.24) is 10.2 Å². The van der Waals surface area contributed by atoms with Crippen molar-refractivity contribution in [2.24, 2.45) is 5.92 Å². The molecule has 2 nitrogen and oxygen atoms in total. The van der Waals surface area contributed by atoms with E-state index in [4.69, 9.17) is 0 Å². The fourth-order valence-corrected chi connectivity index (χ4v) is 3.52. The van der Waals surface area contributed by atoms with Gasteiger partial charge in [-0.1, -0.05) is 27.7 Å². The lowest BCUT2D eigenvalue weighted by molar-refractivity contribution is 0.162. The van der Waals surface area contributed by atoms with Gasteiger partial charge in [0.15, 0.2) is 0 Å². The summed E-state index contributed by atoms with van der Waals surface area (Å²) in [7, 11) is 0. The van der Waals surface area contributed by atoms with Gasteiger partial charge < -0.3 is 5.32 Å². The van der Waals surface area contributed by atoms with Gasteiger partial charge in [-0.2, -0.15) is 11.8 Å². The summed E-state index contributed by atoms with van der Waals surface area (Å²) in [5, 5.41) is 4.42. The lowest BCUT2D eigenvalue weighted by Crippen LogP contribution is -2.48. The van der Waals surface area contributed by atoms with Gasteiger partial charge in [0.2, 0.25) is 0 Å². The second kappa shape index (κ2) is 7.65. The molecule has 0 spiro atoms. The van der Waals surface area contributed by atoms with Crippen molar-refractivity contribution in [3.05, 3.63) is 0 Å². The highest BCUT2D eigenvalue weighted by molar-refractivity contribution is 8.00. The largest absolute Gasteiger partial charge is 0.314 e. The Labute approximate surface area is 112 Å². The minimum Gasteiger partial charge on any atom is -0.314 e. The van der Waals surface area contributed by atoms with Crippen LogP contribution in [0.3, 0.4) is 0 Å². The molecule has 1 heterocycles. The van der Waals surface area contributed by atoms with Crippen molar-refractivity contribution >= 4 is 11.8 Å². The van der Waals surface area contributed by atoms with Gasteiger partial charge in [-0.15, -0.1) is 0 Å². The lowest BCUT2D eigenvalue weighted by Gasteiger charge is -2.39. The van der Waals surface area contributed by atoms with Crippen LogP contribution in [0, 0.1) is 5.92 Å². The quantitative estimate of drug-likeness (QED) is 0.789. The normalized spacial score (nSPS) is 26.1. The van der Waals surface area contributed by atoms with Crippen molar-refractivity contribution in [1.29, 1.82) is 0 Å². The molecule has 17 heavy (non-hydrogen) atoms. The molecule has 1 rings (SSSR count). The van der Waals surface area contributed by atoms with Gasteiger partial charge in [0.25, 0.3) is 0 Å². The van der Waals surface area contributed by atoms with Crippen LogP contribution in [0.4, 0.5) is 0 Å². The highest BCUT2D eigenvalue weighted by Crippen LogP contribution is 2.24. The smallest absolute Gasteiger partial charge is 0.0172 e. The van der Waals surface area contributed by atoms with Crippen LogP contribution < -0.4 is 5.32 Å². The zero-order chi connectivity index (χ0) is 12.8. The van der Waals surface area contributed by atoms with Gasteiger partial charge in [0.05, 0.1) is 0 Å². The highest BCUT2D eigenvalue weighted by Gasteiger charge is 2.25. The van der Waals surface area contributed by atoms with Crippen LogP contribution in [0.1, 0.15) is 41.0 Å². The average molecular weight is 258 g/mol. The fraction of sp³-hybridized carbons (Fsp3) is 1.00. The Bertz CT molecular complexity index is 208. The molecule has 1 fully saturated rings. The van der Waals surface area contributed by atoms with Crippen LogP contribution in [-0.2, 0) is 0 Å². The minimum atomic E-state index is 0.602. The number of nitrogens with zero attached hydrogens (tertiary/aromatic N) is 1. The Kier molecular flexibility index (Phi) is 6.90. The lowest BCUT2D eigenvalue weighted by atomic mass is 10.0. The molecule has 0 aromatic rings. The summed E-state index contributed by atoms with van der Waals surface area (Å²) in [5.74, 6) is 2.05. The molecule has 3 unspecified atom stereocenters. The van der Waals surface area contributed by atoms with E-state index in [1.165, 1.54) is 25.3 Å². The van der Waals surface area contributed by atoms with Gasteiger partial charge in [0.1, 0.15) is 0 Å². The third-order valence-electron chi connectivity index (χ3n) is 3.87. The molecule has 1 N–H and O–H groups in total. The Morgan fingerprint density at radius 1 is 1.29 bits per heavy atom. The summed E-state index contributed by atoms with van der Waals surface area (Å²) in [5.41, 5.74) is 0. The van der Waals surface area contributed by atoms with E-state index in [1.807, 2.05) is 0 Å². The first-order chi connectivity index (χ1) is 8.04. The van der Waals surface area contributed by atoms with E-state index in [-0.39, 0.29) is 0 Å². The molecular formula is C14H30N2S. The molecular weight excluding hydrogens is 228 g/mol. The molecule has 3 atom stereocenters. The van der Waals surface area contributed by atoms with Crippen molar-refractivity contribution in [2.75, 3.05) is 25.4 Å². The van der Waals surface area contributed by atoms with Crippen molar-refractivity contribution in [2.45, 2.75) is 58.4 Å². The standard InChI is InChI=1S/C14H30N2S/c1-6-14-10-16(7-8-17-14)13(5)12(4)9-15-11(2)3/h11-15H,6-10H2,1-5H3. The molecule has 0 aromatic carbocycles. The molecule has 0 bridgehead atoms. The molecule has 1 aliphatic rings. The van der Waals surface area contributed by atoms with Gasteiger partial charge in [-0.25, -0.2) is 0 Å². The Balaban J connectivity index is 2.36. The summed E-state index contributed by atoms with van der Waals surface area (Å²) in [4.78, 5) is 2.69. The minimum absolute atomic E-state index is 0.602. The van der Waals surface area contributed by atoms with Gasteiger partial charge in [-0.05, 0) is 25.8 Å². The van der Waals surface area contributed by atoms with Crippen LogP contribution in [-0.4, -0.2) is 47.6 Å². The maximum Gasteiger partial charge on any atom is 0.0172 e. The second-order valence-corrected chi connectivity index (χ2v) is 7.09. The molecule has 1 saturated heterocycles. The Hall–Kier alpha value is 0.270. The number of hydrogen-bond donors (Lipinski definition) is 1. The van der Waals surface area contributed by atoms with E-state index in [0.29, 0.717) is 12.1 Å². The van der Waals surface area contributed by atoms with E-state index in [0.717, 1.165) is 17.7 Å². The van der Waals surface area contributed by atoms with E-state index >= 15 is 0 Å². The number of rotatable bonds is 6. The Morgan fingerprint density at radius 2 is 2.00 bits per heavy atom. The third kappa shape index (κ3) is 5.19. The predicted molar refractivity (Wildman–Crippen MR) is 79.9 cm³/mol. The highest BCUT2D eigenvalue weighted by atomic mass is 32.2. The van der Waals surface area contributed by atoms with Crippen molar-refractivity contribution in [3.63, 3.8) is 0 Å². The zero-order valence-corrected chi connectivity index (χ0v) is 13.0. The van der Waals surface area contributed by atoms with Crippen LogP contribution >= 0.6 is 11.8 Å². The first kappa shape index (κ1) is 15.3. The first-order valence-electron chi connectivity index (χ1n) is 7.13. The third-order valence-corrected chi connectivity index (χ3v) is 5.25. The number of nitrogens with one attached hydrogen (secondary N) is 1.